The maximum Gasteiger partial charge on any atom is 0.305 e. The summed E-state index contributed by atoms with van der Waals surface area (Å²) in [6, 6.07) is -5.80. The maximum atomic E-state index is 13.6. The van der Waals surface area contributed by atoms with E-state index in [0.717, 1.165) is 4.90 Å². The summed E-state index contributed by atoms with van der Waals surface area (Å²) in [6.45, 7) is -2.69. The molecule has 2 saturated heterocycles. The SMILES string of the molecule is NCC(=O)N[C@@H](CCCN=C(N)N)C(=O)NCC(=O)N[C@@H](CC(=O)O)C(=O)N[C@H](CO[C@@H]1O[C@H](CO)[C@@H](O)[C@H](O)[C@H]1O)C(=O)N1CCC[C@H]1C(N)=O. The molecule has 0 radical (unpaired) electrons. The predicted octanol–water partition coefficient (Wildman–Crippen LogP) is -8.66. The Hall–Kier alpha value is -4.72. The lowest BCUT2D eigenvalue weighted by molar-refractivity contribution is -0.301. The zero-order valence-electron chi connectivity index (χ0n) is 28.1. The highest BCUT2D eigenvalue weighted by Crippen LogP contribution is 2.23. The molecule has 2 rings (SSSR count). The lowest BCUT2D eigenvalue weighted by Gasteiger charge is -2.40. The summed E-state index contributed by atoms with van der Waals surface area (Å²) in [5.41, 5.74) is 21.3. The van der Waals surface area contributed by atoms with Gasteiger partial charge in [-0.25, -0.2) is 0 Å². The van der Waals surface area contributed by atoms with Crippen molar-refractivity contribution < 1.29 is 68.6 Å². The Morgan fingerprint density at radius 3 is 2.17 bits per heavy atom. The van der Waals surface area contributed by atoms with Crippen molar-refractivity contribution in [2.75, 3.05) is 39.4 Å². The highest BCUT2D eigenvalue weighted by Gasteiger charge is 2.45. The Bertz CT molecular complexity index is 1320. The van der Waals surface area contributed by atoms with Crippen LogP contribution in [0.3, 0.4) is 0 Å². The number of aliphatic imine (C=N–C) groups is 1. The summed E-state index contributed by atoms with van der Waals surface area (Å²) in [7, 11) is 0. The summed E-state index contributed by atoms with van der Waals surface area (Å²) in [5, 5.41) is 58.4. The highest BCUT2D eigenvalue weighted by atomic mass is 16.7. The summed E-state index contributed by atoms with van der Waals surface area (Å²) in [4.78, 5) is 92.9. The van der Waals surface area contributed by atoms with Crippen LogP contribution in [0.5, 0.6) is 0 Å². The highest BCUT2D eigenvalue weighted by molar-refractivity contribution is 5.96. The minimum Gasteiger partial charge on any atom is -0.481 e. The second-order valence-electron chi connectivity index (χ2n) is 11.9. The van der Waals surface area contributed by atoms with Gasteiger partial charge in [-0.2, -0.15) is 0 Å². The molecule has 294 valence electrons. The zero-order valence-corrected chi connectivity index (χ0v) is 28.1. The molecule has 2 fully saturated rings. The molecule has 0 unspecified atom stereocenters. The van der Waals surface area contributed by atoms with Crippen molar-refractivity contribution in [2.45, 2.75) is 87.0 Å². The third-order valence-corrected chi connectivity index (χ3v) is 7.99. The van der Waals surface area contributed by atoms with E-state index >= 15 is 0 Å². The fourth-order valence-electron chi connectivity index (χ4n) is 5.32. The number of carbonyl (C=O) groups is 7. The van der Waals surface area contributed by atoms with Gasteiger partial charge in [-0.05, 0) is 25.7 Å². The monoisotopic (exact) mass is 748 g/mol. The number of hydrogen-bond donors (Lipinski definition) is 13. The Labute approximate surface area is 296 Å². The number of nitrogens with two attached hydrogens (primary N) is 4. The van der Waals surface area contributed by atoms with Crippen molar-refractivity contribution in [3.63, 3.8) is 0 Å². The molecule has 0 aromatic carbocycles. The number of likely N-dealkylation sites (tertiary alicyclic amines) is 1. The quantitative estimate of drug-likeness (QED) is 0.0312. The first-order valence-corrected chi connectivity index (χ1v) is 16.2. The smallest absolute Gasteiger partial charge is 0.305 e. The summed E-state index contributed by atoms with van der Waals surface area (Å²) >= 11 is 0. The van der Waals surface area contributed by atoms with Crippen LogP contribution in [-0.2, 0) is 43.0 Å². The number of nitrogens with one attached hydrogen (secondary N) is 4. The Morgan fingerprint density at radius 2 is 1.58 bits per heavy atom. The number of primary amides is 1. The summed E-state index contributed by atoms with van der Waals surface area (Å²) in [6.07, 6.45) is -8.73. The standard InChI is InChI=1S/C28H48N10O14/c29-8-17(40)35-12(3-1-5-33-28(31)32)24(48)34-9-18(41)36-13(7-19(42)43)25(49)37-14(26(50)38-6-2-4-15(38)23(30)47)11-51-27-22(46)21(45)20(44)16(10-39)52-27/h12-16,20-22,27,39,44-46H,1-11,29H2,(H2,30,47)(H,34,48)(H,35,40)(H,36,41)(H,37,49)(H,42,43)(H4,31,32,33)/t12-,13-,14+,15-,16+,20+,21-,22+,27+/m0/s1. The van der Waals surface area contributed by atoms with E-state index in [1.165, 1.54) is 0 Å². The van der Waals surface area contributed by atoms with E-state index in [9.17, 15) is 59.1 Å². The van der Waals surface area contributed by atoms with Crippen molar-refractivity contribution in [1.82, 2.24) is 26.2 Å². The third-order valence-electron chi connectivity index (χ3n) is 7.99. The molecular weight excluding hydrogens is 700 g/mol. The van der Waals surface area contributed by atoms with Gasteiger partial charge >= 0.3 is 5.97 Å². The summed E-state index contributed by atoms with van der Waals surface area (Å²) in [5.74, 6) is -7.28. The van der Waals surface area contributed by atoms with E-state index in [1.54, 1.807) is 0 Å². The number of ether oxygens (including phenoxy) is 2. The fourth-order valence-corrected chi connectivity index (χ4v) is 5.32. The number of carbonyl (C=O) groups excluding carboxylic acids is 6. The fraction of sp³-hybridized carbons (Fsp3) is 0.714. The van der Waals surface area contributed by atoms with Crippen LogP contribution in [0.25, 0.3) is 0 Å². The number of guanidine groups is 1. The third kappa shape index (κ3) is 13.1. The van der Waals surface area contributed by atoms with E-state index in [2.05, 4.69) is 26.3 Å². The van der Waals surface area contributed by atoms with Crippen LogP contribution in [0.4, 0.5) is 0 Å². The molecule has 0 aromatic heterocycles. The molecule has 2 aliphatic rings. The van der Waals surface area contributed by atoms with Gasteiger partial charge in [0.05, 0.1) is 32.7 Å². The minimum absolute atomic E-state index is 0.0360. The topological polar surface area (TPSA) is 407 Å². The molecular formula is C28H48N10O14. The van der Waals surface area contributed by atoms with Gasteiger partial charge in [0.15, 0.2) is 12.2 Å². The molecule has 0 saturated carbocycles. The van der Waals surface area contributed by atoms with Crippen LogP contribution in [-0.4, -0.2) is 172 Å². The number of aliphatic hydroxyl groups excluding tert-OH is 4. The molecule has 0 spiro atoms. The van der Waals surface area contributed by atoms with Gasteiger partial charge in [0.1, 0.15) is 48.6 Å². The molecule has 9 atom stereocenters. The van der Waals surface area contributed by atoms with Gasteiger partial charge < -0.3 is 84.1 Å². The first kappa shape index (κ1) is 43.4. The number of aliphatic hydroxyl groups is 4. The van der Waals surface area contributed by atoms with Crippen molar-refractivity contribution in [3.8, 4) is 0 Å². The van der Waals surface area contributed by atoms with E-state index in [4.69, 9.17) is 32.4 Å². The van der Waals surface area contributed by atoms with Crippen molar-refractivity contribution in [2.24, 2.45) is 27.9 Å². The lowest BCUT2D eigenvalue weighted by atomic mass is 9.99. The molecule has 17 N–H and O–H groups in total. The second kappa shape index (κ2) is 21.0. The first-order valence-electron chi connectivity index (χ1n) is 16.2. The average Bonchev–Trinajstić information content (AvgIpc) is 3.59. The van der Waals surface area contributed by atoms with Gasteiger partial charge in [0.25, 0.3) is 0 Å². The van der Waals surface area contributed by atoms with Gasteiger partial charge in [0, 0.05) is 13.1 Å². The molecule has 2 aliphatic heterocycles. The largest absolute Gasteiger partial charge is 0.481 e. The number of nitrogens with zero attached hydrogens (tertiary/aromatic N) is 2. The number of rotatable bonds is 20. The molecule has 6 amide bonds. The second-order valence-corrected chi connectivity index (χ2v) is 11.9. The molecule has 24 nitrogen and oxygen atoms in total. The van der Waals surface area contributed by atoms with Gasteiger partial charge in [0.2, 0.25) is 35.4 Å². The van der Waals surface area contributed by atoms with E-state index in [1.807, 2.05) is 0 Å². The van der Waals surface area contributed by atoms with E-state index in [-0.39, 0.29) is 38.3 Å². The first-order chi connectivity index (χ1) is 24.5. The number of carboxylic acid groups (broad SMARTS) is 1. The Morgan fingerprint density at radius 1 is 0.904 bits per heavy atom. The Balaban J connectivity index is 2.19. The normalized spacial score (nSPS) is 24.4. The van der Waals surface area contributed by atoms with E-state index in [0.29, 0.717) is 6.42 Å². The van der Waals surface area contributed by atoms with Crippen LogP contribution in [0.15, 0.2) is 4.99 Å². The molecule has 0 aromatic rings. The van der Waals surface area contributed by atoms with Crippen LogP contribution in [0, 0.1) is 0 Å². The Kier molecular flexibility index (Phi) is 17.5. The van der Waals surface area contributed by atoms with Crippen molar-refractivity contribution in [3.05, 3.63) is 0 Å². The van der Waals surface area contributed by atoms with Crippen LogP contribution in [0.1, 0.15) is 32.1 Å². The maximum absolute atomic E-state index is 13.6. The van der Waals surface area contributed by atoms with Gasteiger partial charge in [-0.1, -0.05) is 0 Å². The van der Waals surface area contributed by atoms with Gasteiger partial charge in [-0.15, -0.1) is 0 Å². The number of carboxylic acids is 1. The minimum atomic E-state index is -1.88. The van der Waals surface area contributed by atoms with Crippen LogP contribution in [0.2, 0.25) is 0 Å². The molecule has 52 heavy (non-hydrogen) atoms. The van der Waals surface area contributed by atoms with Crippen LogP contribution < -0.4 is 44.2 Å². The number of hydrogen-bond acceptors (Lipinski definition) is 15. The molecule has 0 aliphatic carbocycles. The zero-order chi connectivity index (χ0) is 39.1. The van der Waals surface area contributed by atoms with E-state index < -0.39 is 129 Å². The molecule has 0 bridgehead atoms. The number of aliphatic carboxylic acids is 1. The molecule has 24 heteroatoms. The van der Waals surface area contributed by atoms with Gasteiger partial charge in [-0.3, -0.25) is 38.6 Å². The molecule has 2 heterocycles. The predicted molar refractivity (Wildman–Crippen MR) is 174 cm³/mol. The lowest BCUT2D eigenvalue weighted by Crippen LogP contribution is -2.61. The average molecular weight is 749 g/mol. The number of amides is 6. The van der Waals surface area contributed by atoms with Crippen molar-refractivity contribution in [1.29, 1.82) is 0 Å². The summed E-state index contributed by atoms with van der Waals surface area (Å²) < 4.78 is 10.7. The van der Waals surface area contributed by atoms with Crippen molar-refractivity contribution >= 4 is 47.4 Å². The van der Waals surface area contributed by atoms with Crippen LogP contribution >= 0.6 is 0 Å².